The number of aliphatic carboxylic acids is 1. The van der Waals surface area contributed by atoms with Crippen molar-refractivity contribution in [3.05, 3.63) is 12.2 Å². The van der Waals surface area contributed by atoms with Gasteiger partial charge in [0.05, 0.1) is 6.61 Å². The van der Waals surface area contributed by atoms with Gasteiger partial charge in [-0.15, -0.1) is 0 Å². The summed E-state index contributed by atoms with van der Waals surface area (Å²) in [5.41, 5.74) is 0. The summed E-state index contributed by atoms with van der Waals surface area (Å²) in [6, 6.07) is 0. The zero-order chi connectivity index (χ0) is 7.28. The van der Waals surface area contributed by atoms with Gasteiger partial charge in [0.2, 0.25) is 0 Å². The van der Waals surface area contributed by atoms with Gasteiger partial charge in [-0.2, -0.15) is 0 Å². The van der Waals surface area contributed by atoms with E-state index in [0.29, 0.717) is 0 Å². The third kappa shape index (κ3) is 3.42. The molecular formula is C5H6O4. The predicted octanol–water partition coefficient (Wildman–Crippen LogP) is -0.811. The molecule has 4 nitrogen and oxygen atoms in total. The van der Waals surface area contributed by atoms with Gasteiger partial charge in [-0.25, -0.2) is 4.79 Å². The first-order chi connectivity index (χ1) is 4.18. The monoisotopic (exact) mass is 130 g/mol. The van der Waals surface area contributed by atoms with Gasteiger partial charge in [0.1, 0.15) is 0 Å². The van der Waals surface area contributed by atoms with Crippen LogP contribution in [0.1, 0.15) is 0 Å². The summed E-state index contributed by atoms with van der Waals surface area (Å²) in [5, 5.41) is 16.0. The van der Waals surface area contributed by atoms with Crippen molar-refractivity contribution in [1.29, 1.82) is 0 Å². The summed E-state index contributed by atoms with van der Waals surface area (Å²) in [5.74, 6) is -2.54. The van der Waals surface area contributed by atoms with Crippen LogP contribution >= 0.6 is 0 Å². The quantitative estimate of drug-likeness (QED) is 0.387. The molecule has 50 valence electrons. The second-order valence-electron chi connectivity index (χ2n) is 1.25. The van der Waals surface area contributed by atoms with E-state index in [4.69, 9.17) is 10.2 Å². The van der Waals surface area contributed by atoms with Crippen molar-refractivity contribution in [1.82, 2.24) is 0 Å². The SMILES string of the molecule is O=C(O)C(=O)/C=C/CO. The first kappa shape index (κ1) is 7.84. The lowest BCUT2D eigenvalue weighted by atomic mass is 10.3. The average molecular weight is 130 g/mol. The molecule has 0 fully saturated rings. The Morgan fingerprint density at radius 1 is 1.44 bits per heavy atom. The van der Waals surface area contributed by atoms with Crippen molar-refractivity contribution in [3.63, 3.8) is 0 Å². The molecule has 4 heteroatoms. The molecule has 0 spiro atoms. The third-order valence-corrected chi connectivity index (χ3v) is 0.585. The summed E-state index contributed by atoms with van der Waals surface area (Å²) in [7, 11) is 0. The Labute approximate surface area is 51.4 Å². The van der Waals surface area contributed by atoms with Gasteiger partial charge in [-0.1, -0.05) is 6.08 Å². The highest BCUT2D eigenvalue weighted by atomic mass is 16.4. The number of ketones is 1. The van der Waals surface area contributed by atoms with Crippen LogP contribution < -0.4 is 0 Å². The third-order valence-electron chi connectivity index (χ3n) is 0.585. The van der Waals surface area contributed by atoms with Gasteiger partial charge in [0.25, 0.3) is 5.78 Å². The van der Waals surface area contributed by atoms with Crippen LogP contribution in [-0.2, 0) is 9.59 Å². The molecule has 0 aromatic carbocycles. The Balaban J connectivity index is 3.77. The fourth-order valence-corrected chi connectivity index (χ4v) is 0.231. The molecule has 0 aliphatic rings. The molecule has 2 N–H and O–H groups in total. The summed E-state index contributed by atoms with van der Waals surface area (Å²) >= 11 is 0. The Morgan fingerprint density at radius 3 is 2.33 bits per heavy atom. The Morgan fingerprint density at radius 2 is 2.00 bits per heavy atom. The fourth-order valence-electron chi connectivity index (χ4n) is 0.231. The summed E-state index contributed by atoms with van der Waals surface area (Å²) in [6.07, 6.45) is 1.87. The smallest absolute Gasteiger partial charge is 0.376 e. The minimum absolute atomic E-state index is 0.320. The minimum Gasteiger partial charge on any atom is -0.475 e. The molecule has 0 aromatic rings. The highest BCUT2D eigenvalue weighted by molar-refractivity contribution is 6.37. The lowest BCUT2D eigenvalue weighted by Gasteiger charge is -1.80. The van der Waals surface area contributed by atoms with E-state index >= 15 is 0 Å². The number of carboxylic acids is 1. The van der Waals surface area contributed by atoms with E-state index < -0.39 is 11.8 Å². The van der Waals surface area contributed by atoms with Crippen molar-refractivity contribution in [2.75, 3.05) is 6.61 Å². The molecule has 0 heterocycles. The number of hydrogen-bond acceptors (Lipinski definition) is 3. The van der Waals surface area contributed by atoms with Crippen molar-refractivity contribution in [3.8, 4) is 0 Å². The van der Waals surface area contributed by atoms with Gasteiger partial charge in [0, 0.05) is 0 Å². The van der Waals surface area contributed by atoms with E-state index in [-0.39, 0.29) is 6.61 Å². The molecule has 0 amide bonds. The van der Waals surface area contributed by atoms with Crippen LogP contribution in [0.25, 0.3) is 0 Å². The van der Waals surface area contributed by atoms with Crippen molar-refractivity contribution >= 4 is 11.8 Å². The summed E-state index contributed by atoms with van der Waals surface area (Å²) in [4.78, 5) is 19.8. The molecule has 0 radical (unpaired) electrons. The highest BCUT2D eigenvalue weighted by Crippen LogP contribution is 1.75. The van der Waals surface area contributed by atoms with E-state index in [1.165, 1.54) is 0 Å². The first-order valence-corrected chi connectivity index (χ1v) is 2.23. The molecule has 0 rings (SSSR count). The zero-order valence-electron chi connectivity index (χ0n) is 4.57. The van der Waals surface area contributed by atoms with Crippen LogP contribution in [0.4, 0.5) is 0 Å². The van der Waals surface area contributed by atoms with Gasteiger partial charge in [0.15, 0.2) is 0 Å². The number of hydrogen-bond donors (Lipinski definition) is 2. The first-order valence-electron chi connectivity index (χ1n) is 2.23. The van der Waals surface area contributed by atoms with Gasteiger partial charge < -0.3 is 10.2 Å². The molecule has 0 saturated carbocycles. The second kappa shape index (κ2) is 3.80. The molecule has 0 unspecified atom stereocenters. The van der Waals surface area contributed by atoms with Crippen LogP contribution in [0.3, 0.4) is 0 Å². The standard InChI is InChI=1S/C5H6O4/c6-3-1-2-4(7)5(8)9/h1-2,6H,3H2,(H,8,9)/b2-1+. The zero-order valence-corrected chi connectivity index (χ0v) is 4.57. The molecule has 9 heavy (non-hydrogen) atoms. The van der Waals surface area contributed by atoms with Gasteiger partial charge in [-0.05, 0) is 6.08 Å². The van der Waals surface area contributed by atoms with Crippen LogP contribution in [0.2, 0.25) is 0 Å². The van der Waals surface area contributed by atoms with E-state index in [1.54, 1.807) is 0 Å². The number of aliphatic hydroxyl groups is 1. The minimum atomic E-state index is -1.51. The van der Waals surface area contributed by atoms with Crippen molar-refractivity contribution in [2.24, 2.45) is 0 Å². The lowest BCUT2D eigenvalue weighted by molar-refractivity contribution is -0.146. The van der Waals surface area contributed by atoms with E-state index in [2.05, 4.69) is 0 Å². The number of carbonyl (C=O) groups excluding carboxylic acids is 1. The molecule has 0 aromatic heterocycles. The second-order valence-corrected chi connectivity index (χ2v) is 1.25. The van der Waals surface area contributed by atoms with Crippen LogP contribution in [0, 0.1) is 0 Å². The Kier molecular flexibility index (Phi) is 3.31. The predicted molar refractivity (Wildman–Crippen MR) is 28.9 cm³/mol. The highest BCUT2D eigenvalue weighted by Gasteiger charge is 2.04. The summed E-state index contributed by atoms with van der Waals surface area (Å²) in [6.45, 7) is -0.320. The largest absolute Gasteiger partial charge is 0.475 e. The van der Waals surface area contributed by atoms with Crippen molar-refractivity contribution < 1.29 is 19.8 Å². The molecule has 0 aliphatic carbocycles. The molecule has 0 atom stereocenters. The molecule has 0 bridgehead atoms. The number of aliphatic hydroxyl groups excluding tert-OH is 1. The van der Waals surface area contributed by atoms with Crippen LogP contribution in [-0.4, -0.2) is 28.6 Å². The summed E-state index contributed by atoms with van der Waals surface area (Å²) < 4.78 is 0. The lowest BCUT2D eigenvalue weighted by Crippen LogP contribution is -2.08. The molecule has 0 saturated heterocycles. The average Bonchev–Trinajstić information content (AvgIpc) is 1.82. The number of carboxylic acid groups (broad SMARTS) is 1. The topological polar surface area (TPSA) is 74.6 Å². The normalized spacial score (nSPS) is 9.89. The van der Waals surface area contributed by atoms with Crippen LogP contribution in [0.15, 0.2) is 12.2 Å². The van der Waals surface area contributed by atoms with E-state index in [9.17, 15) is 9.59 Å². The van der Waals surface area contributed by atoms with E-state index in [0.717, 1.165) is 12.2 Å². The Hall–Kier alpha value is -1.16. The van der Waals surface area contributed by atoms with Gasteiger partial charge >= 0.3 is 5.97 Å². The van der Waals surface area contributed by atoms with Crippen molar-refractivity contribution in [2.45, 2.75) is 0 Å². The number of rotatable bonds is 3. The van der Waals surface area contributed by atoms with Crippen LogP contribution in [0.5, 0.6) is 0 Å². The number of carbonyl (C=O) groups is 2. The maximum Gasteiger partial charge on any atom is 0.376 e. The molecule has 0 aliphatic heterocycles. The Bertz CT molecular complexity index is 147. The van der Waals surface area contributed by atoms with Gasteiger partial charge in [-0.3, -0.25) is 4.79 Å². The van der Waals surface area contributed by atoms with E-state index in [1.807, 2.05) is 0 Å². The maximum absolute atomic E-state index is 10.1. The maximum atomic E-state index is 10.1. The fraction of sp³-hybridized carbons (Fsp3) is 0.200. The molecular weight excluding hydrogens is 124 g/mol.